The maximum absolute atomic E-state index is 12.7. The molecule has 2 fully saturated rings. The fraction of sp³-hybridized carbons (Fsp3) is 0.600. The Morgan fingerprint density at radius 3 is 2.39 bits per heavy atom. The Bertz CT molecular complexity index is 736. The van der Waals surface area contributed by atoms with Crippen LogP contribution in [-0.2, 0) is 19.1 Å². The van der Waals surface area contributed by atoms with Crippen LogP contribution < -0.4 is 14.4 Å². The molecule has 152 valence electrons. The number of fused-ring (bicyclic) bond motifs is 1. The number of benzene rings is 1. The molecule has 2 saturated heterocycles. The Morgan fingerprint density at radius 1 is 1.04 bits per heavy atom. The highest BCUT2D eigenvalue weighted by atomic mass is 16.7. The van der Waals surface area contributed by atoms with Crippen molar-refractivity contribution in [2.45, 2.75) is 32.0 Å². The summed E-state index contributed by atoms with van der Waals surface area (Å²) in [5.41, 5.74) is 0.704. The van der Waals surface area contributed by atoms with Crippen LogP contribution >= 0.6 is 0 Å². The molecule has 8 nitrogen and oxygen atoms in total. The first-order valence-electron chi connectivity index (χ1n) is 9.80. The van der Waals surface area contributed by atoms with Crippen molar-refractivity contribution in [3.8, 4) is 11.5 Å². The van der Waals surface area contributed by atoms with Crippen molar-refractivity contribution in [3.63, 3.8) is 0 Å². The maximum atomic E-state index is 12.7. The topological polar surface area (TPSA) is 77.5 Å². The van der Waals surface area contributed by atoms with E-state index in [1.54, 1.807) is 17.0 Å². The molecule has 0 atom stereocenters. The molecule has 1 aromatic carbocycles. The van der Waals surface area contributed by atoms with Crippen LogP contribution in [0.3, 0.4) is 0 Å². The molecule has 1 spiro atoms. The van der Waals surface area contributed by atoms with Crippen LogP contribution in [0.2, 0.25) is 0 Å². The van der Waals surface area contributed by atoms with E-state index >= 15 is 0 Å². The fourth-order valence-electron chi connectivity index (χ4n) is 3.92. The highest BCUT2D eigenvalue weighted by molar-refractivity contribution is 5.92. The first kappa shape index (κ1) is 19.0. The average molecular weight is 390 g/mol. The van der Waals surface area contributed by atoms with Crippen LogP contribution in [0.25, 0.3) is 0 Å². The molecule has 28 heavy (non-hydrogen) atoms. The van der Waals surface area contributed by atoms with Crippen LogP contribution in [-0.4, -0.2) is 68.6 Å². The Balaban J connectivity index is 1.35. The number of rotatable bonds is 4. The van der Waals surface area contributed by atoms with E-state index in [0.29, 0.717) is 76.1 Å². The first-order chi connectivity index (χ1) is 13.6. The normalized spacial score (nSPS) is 20.2. The summed E-state index contributed by atoms with van der Waals surface area (Å²) >= 11 is 0. The van der Waals surface area contributed by atoms with Crippen LogP contribution in [0.5, 0.6) is 11.5 Å². The summed E-state index contributed by atoms with van der Waals surface area (Å²) in [4.78, 5) is 28.3. The van der Waals surface area contributed by atoms with Crippen molar-refractivity contribution >= 4 is 17.5 Å². The van der Waals surface area contributed by atoms with Crippen molar-refractivity contribution in [1.29, 1.82) is 0 Å². The van der Waals surface area contributed by atoms with Gasteiger partial charge in [0.2, 0.25) is 11.8 Å². The third-order valence-electron chi connectivity index (χ3n) is 5.46. The summed E-state index contributed by atoms with van der Waals surface area (Å²) in [5, 5.41) is 0. The van der Waals surface area contributed by atoms with Crippen molar-refractivity contribution < 1.29 is 28.5 Å². The van der Waals surface area contributed by atoms with Gasteiger partial charge in [-0.1, -0.05) is 0 Å². The monoisotopic (exact) mass is 390 g/mol. The number of hydrogen-bond donors (Lipinski definition) is 0. The fourth-order valence-corrected chi connectivity index (χ4v) is 3.92. The molecule has 0 N–H and O–H groups in total. The second-order valence-corrected chi connectivity index (χ2v) is 7.24. The zero-order valence-electron chi connectivity index (χ0n) is 16.1. The molecule has 0 unspecified atom stereocenters. The van der Waals surface area contributed by atoms with Crippen LogP contribution in [0.1, 0.15) is 26.2 Å². The van der Waals surface area contributed by atoms with Gasteiger partial charge in [-0.15, -0.1) is 0 Å². The highest BCUT2D eigenvalue weighted by Crippen LogP contribution is 2.34. The number of carbonyl (C=O) groups excluding carboxylic acids is 2. The lowest BCUT2D eigenvalue weighted by Gasteiger charge is -2.37. The predicted molar refractivity (Wildman–Crippen MR) is 101 cm³/mol. The molecule has 8 heteroatoms. The summed E-state index contributed by atoms with van der Waals surface area (Å²) in [6.45, 7) is 5.30. The number of carbonyl (C=O) groups is 2. The average Bonchev–Trinajstić information content (AvgIpc) is 3.16. The number of hydrogen-bond acceptors (Lipinski definition) is 6. The van der Waals surface area contributed by atoms with Crippen LogP contribution in [0.4, 0.5) is 5.69 Å². The lowest BCUT2D eigenvalue weighted by molar-refractivity contribution is -0.187. The summed E-state index contributed by atoms with van der Waals surface area (Å²) in [6.07, 6.45) is 1.65. The van der Waals surface area contributed by atoms with Gasteiger partial charge in [0.15, 0.2) is 17.3 Å². The molecule has 3 aliphatic rings. The molecular formula is C20H26N2O6. The zero-order chi connectivity index (χ0) is 19.6. The molecule has 0 saturated carbocycles. The van der Waals surface area contributed by atoms with Gasteiger partial charge in [0.25, 0.3) is 0 Å². The SMILES string of the molecule is CC(=O)N(CCC(=O)N1CCC2(CC1)OCCO2)c1ccc2c(c1)OCCO2. The Hall–Kier alpha value is -2.32. The van der Waals surface area contributed by atoms with Crippen molar-refractivity contribution in [1.82, 2.24) is 4.90 Å². The Kier molecular flexibility index (Phi) is 5.41. The van der Waals surface area contributed by atoms with Gasteiger partial charge in [0.1, 0.15) is 13.2 Å². The lowest BCUT2D eigenvalue weighted by Crippen LogP contribution is -2.48. The molecule has 0 bridgehead atoms. The van der Waals surface area contributed by atoms with Gasteiger partial charge < -0.3 is 28.7 Å². The first-order valence-corrected chi connectivity index (χ1v) is 9.80. The van der Waals surface area contributed by atoms with Crippen LogP contribution in [0.15, 0.2) is 18.2 Å². The summed E-state index contributed by atoms with van der Waals surface area (Å²) in [6, 6.07) is 5.41. The van der Waals surface area contributed by atoms with Gasteiger partial charge in [-0.25, -0.2) is 0 Å². The van der Waals surface area contributed by atoms with Gasteiger partial charge in [-0.2, -0.15) is 0 Å². The zero-order valence-corrected chi connectivity index (χ0v) is 16.1. The molecule has 0 aliphatic carbocycles. The molecule has 3 aliphatic heterocycles. The van der Waals surface area contributed by atoms with E-state index in [0.717, 1.165) is 0 Å². The van der Waals surface area contributed by atoms with E-state index in [1.807, 2.05) is 11.0 Å². The van der Waals surface area contributed by atoms with E-state index in [1.165, 1.54) is 6.92 Å². The molecule has 4 rings (SSSR count). The maximum Gasteiger partial charge on any atom is 0.224 e. The van der Waals surface area contributed by atoms with Crippen molar-refractivity contribution in [3.05, 3.63) is 18.2 Å². The second-order valence-electron chi connectivity index (χ2n) is 7.24. The summed E-state index contributed by atoms with van der Waals surface area (Å²) in [7, 11) is 0. The minimum Gasteiger partial charge on any atom is -0.486 e. The molecule has 3 heterocycles. The third-order valence-corrected chi connectivity index (χ3v) is 5.46. The number of likely N-dealkylation sites (tertiary alicyclic amines) is 1. The lowest BCUT2D eigenvalue weighted by atomic mass is 10.0. The summed E-state index contributed by atoms with van der Waals surface area (Å²) in [5.74, 6) is 0.729. The second kappa shape index (κ2) is 7.97. The van der Waals surface area contributed by atoms with Gasteiger partial charge >= 0.3 is 0 Å². The van der Waals surface area contributed by atoms with Gasteiger partial charge in [0, 0.05) is 57.6 Å². The highest BCUT2D eigenvalue weighted by Gasteiger charge is 2.40. The quantitative estimate of drug-likeness (QED) is 0.777. The van der Waals surface area contributed by atoms with E-state index in [4.69, 9.17) is 18.9 Å². The smallest absolute Gasteiger partial charge is 0.224 e. The molecule has 2 amide bonds. The molecule has 0 aromatic heterocycles. The van der Waals surface area contributed by atoms with Gasteiger partial charge in [0.05, 0.1) is 13.2 Å². The van der Waals surface area contributed by atoms with Crippen LogP contribution in [0, 0.1) is 0 Å². The largest absolute Gasteiger partial charge is 0.486 e. The molecular weight excluding hydrogens is 364 g/mol. The van der Waals surface area contributed by atoms with E-state index in [2.05, 4.69) is 0 Å². The van der Waals surface area contributed by atoms with Gasteiger partial charge in [-0.05, 0) is 12.1 Å². The minimum absolute atomic E-state index is 0.0386. The third kappa shape index (κ3) is 3.93. The number of anilines is 1. The molecule has 0 radical (unpaired) electrons. The van der Waals surface area contributed by atoms with Crippen molar-refractivity contribution in [2.75, 3.05) is 51.0 Å². The van der Waals surface area contributed by atoms with E-state index < -0.39 is 5.79 Å². The number of piperidine rings is 1. The predicted octanol–water partition coefficient (Wildman–Crippen LogP) is 1.57. The van der Waals surface area contributed by atoms with E-state index in [-0.39, 0.29) is 18.2 Å². The molecule has 1 aromatic rings. The van der Waals surface area contributed by atoms with E-state index in [9.17, 15) is 9.59 Å². The number of nitrogens with zero attached hydrogens (tertiary/aromatic N) is 2. The Labute approximate surface area is 164 Å². The van der Waals surface area contributed by atoms with Gasteiger partial charge in [-0.3, -0.25) is 9.59 Å². The standard InChI is InChI=1S/C20H26N2O6/c1-15(23)22(16-2-3-17-18(14-16)26-11-10-25-17)7-4-19(24)21-8-5-20(6-9-21)27-12-13-28-20/h2-3,14H,4-13H2,1H3. The number of amides is 2. The number of ether oxygens (including phenoxy) is 4. The Morgan fingerprint density at radius 2 is 1.71 bits per heavy atom. The summed E-state index contributed by atoms with van der Waals surface area (Å²) < 4.78 is 22.5. The minimum atomic E-state index is -0.493. The van der Waals surface area contributed by atoms with Crippen molar-refractivity contribution in [2.24, 2.45) is 0 Å².